The summed E-state index contributed by atoms with van der Waals surface area (Å²) in [4.78, 5) is 23.7. The standard InChI is InChI=1S/C29H29N3O4S/c1-2-35-24-12-7-13-25-27(24)30-29(37-25)32(15-14-31-16-18-34-19-17-31)28(33)26-20-8-3-5-10-22(20)36-23-11-6-4-9-21(23)26/h3-13,26H,2,14-19H2,1H3. The Morgan fingerprint density at radius 2 is 1.73 bits per heavy atom. The first-order chi connectivity index (χ1) is 18.2. The number of benzene rings is 3. The van der Waals surface area contributed by atoms with E-state index in [2.05, 4.69) is 4.90 Å². The summed E-state index contributed by atoms with van der Waals surface area (Å²) in [6.45, 7) is 6.95. The van der Waals surface area contributed by atoms with Crippen molar-refractivity contribution < 1.29 is 19.0 Å². The van der Waals surface area contributed by atoms with Crippen molar-refractivity contribution in [2.24, 2.45) is 0 Å². The summed E-state index contributed by atoms with van der Waals surface area (Å²) in [5, 5.41) is 0.682. The number of anilines is 1. The molecule has 2 aliphatic heterocycles. The van der Waals surface area contributed by atoms with Gasteiger partial charge < -0.3 is 14.2 Å². The molecule has 1 amide bonds. The number of hydrogen-bond acceptors (Lipinski definition) is 7. The molecule has 3 aromatic carbocycles. The zero-order chi connectivity index (χ0) is 25.2. The fourth-order valence-electron chi connectivity index (χ4n) is 5.00. The Balaban J connectivity index is 1.41. The van der Waals surface area contributed by atoms with Crippen LogP contribution < -0.4 is 14.4 Å². The summed E-state index contributed by atoms with van der Waals surface area (Å²) >= 11 is 1.53. The lowest BCUT2D eigenvalue weighted by Crippen LogP contribution is -2.44. The van der Waals surface area contributed by atoms with Gasteiger partial charge >= 0.3 is 0 Å². The molecule has 0 N–H and O–H groups in total. The second-order valence-electron chi connectivity index (χ2n) is 9.09. The van der Waals surface area contributed by atoms with E-state index in [9.17, 15) is 4.79 Å². The minimum absolute atomic E-state index is 0.00604. The molecule has 0 saturated carbocycles. The summed E-state index contributed by atoms with van der Waals surface area (Å²) in [6.07, 6.45) is 0. The van der Waals surface area contributed by atoms with Gasteiger partial charge in [-0.15, -0.1) is 0 Å². The third kappa shape index (κ3) is 4.68. The number of aromatic nitrogens is 1. The number of amides is 1. The molecule has 7 nitrogen and oxygen atoms in total. The normalized spacial score (nSPS) is 15.6. The van der Waals surface area contributed by atoms with E-state index in [4.69, 9.17) is 19.2 Å². The highest BCUT2D eigenvalue weighted by atomic mass is 32.1. The van der Waals surface area contributed by atoms with Crippen LogP contribution in [0.25, 0.3) is 10.2 Å². The van der Waals surface area contributed by atoms with E-state index in [1.807, 2.05) is 78.6 Å². The topological polar surface area (TPSA) is 64.1 Å². The lowest BCUT2D eigenvalue weighted by atomic mass is 9.87. The number of rotatable bonds is 7. The third-order valence-corrected chi connectivity index (χ3v) is 7.88. The molecule has 3 heterocycles. The van der Waals surface area contributed by atoms with Crippen LogP contribution in [0.4, 0.5) is 5.13 Å². The molecule has 0 radical (unpaired) electrons. The van der Waals surface area contributed by atoms with E-state index < -0.39 is 5.92 Å². The molecule has 190 valence electrons. The van der Waals surface area contributed by atoms with Gasteiger partial charge in [0.2, 0.25) is 5.91 Å². The Morgan fingerprint density at radius 3 is 2.43 bits per heavy atom. The Bertz CT molecular complexity index is 1370. The smallest absolute Gasteiger partial charge is 0.241 e. The van der Waals surface area contributed by atoms with Crippen molar-refractivity contribution in [2.45, 2.75) is 12.8 Å². The first-order valence-corrected chi connectivity index (χ1v) is 13.5. The van der Waals surface area contributed by atoms with Crippen molar-refractivity contribution in [1.29, 1.82) is 0 Å². The van der Waals surface area contributed by atoms with Gasteiger partial charge in [0.1, 0.15) is 22.8 Å². The summed E-state index contributed by atoms with van der Waals surface area (Å²) < 4.78 is 18.5. The molecule has 0 aliphatic carbocycles. The third-order valence-electron chi connectivity index (χ3n) is 6.84. The maximum Gasteiger partial charge on any atom is 0.241 e. The van der Waals surface area contributed by atoms with Gasteiger partial charge in [0.25, 0.3) is 0 Å². The van der Waals surface area contributed by atoms with Crippen molar-refractivity contribution in [3.63, 3.8) is 0 Å². The largest absolute Gasteiger partial charge is 0.492 e. The molecule has 6 rings (SSSR count). The number of morpholine rings is 1. The zero-order valence-corrected chi connectivity index (χ0v) is 21.6. The molecule has 0 bridgehead atoms. The van der Waals surface area contributed by atoms with Crippen LogP contribution >= 0.6 is 11.3 Å². The second-order valence-corrected chi connectivity index (χ2v) is 10.1. The van der Waals surface area contributed by atoms with Gasteiger partial charge in [-0.1, -0.05) is 53.8 Å². The van der Waals surface area contributed by atoms with Gasteiger partial charge in [-0.05, 0) is 31.2 Å². The van der Waals surface area contributed by atoms with E-state index in [1.54, 1.807) is 0 Å². The number of carbonyl (C=O) groups excluding carboxylic acids is 1. The summed E-state index contributed by atoms with van der Waals surface area (Å²) in [6, 6.07) is 21.6. The van der Waals surface area contributed by atoms with Gasteiger partial charge in [0, 0.05) is 37.3 Å². The average molecular weight is 516 g/mol. The number of thiazole rings is 1. The summed E-state index contributed by atoms with van der Waals surface area (Å²) in [5.41, 5.74) is 2.54. The Labute approximate surface area is 220 Å². The molecule has 37 heavy (non-hydrogen) atoms. The van der Waals surface area contributed by atoms with Crippen LogP contribution in [-0.2, 0) is 9.53 Å². The number of hydrogen-bond donors (Lipinski definition) is 0. The van der Waals surface area contributed by atoms with Gasteiger partial charge in [0.05, 0.1) is 30.4 Å². The maximum atomic E-state index is 14.5. The number of ether oxygens (including phenoxy) is 3. The van der Waals surface area contributed by atoms with Crippen LogP contribution in [-0.4, -0.2) is 61.8 Å². The van der Waals surface area contributed by atoms with Gasteiger partial charge in [-0.2, -0.15) is 0 Å². The van der Waals surface area contributed by atoms with Crippen LogP contribution in [0.1, 0.15) is 24.0 Å². The zero-order valence-electron chi connectivity index (χ0n) is 20.8. The van der Waals surface area contributed by atoms with Crippen molar-refractivity contribution >= 4 is 32.6 Å². The van der Waals surface area contributed by atoms with Crippen LogP contribution in [0.3, 0.4) is 0 Å². The molecule has 1 fully saturated rings. The predicted octanol–water partition coefficient (Wildman–Crippen LogP) is 5.30. The first-order valence-electron chi connectivity index (χ1n) is 12.7. The lowest BCUT2D eigenvalue weighted by molar-refractivity contribution is -0.119. The quantitative estimate of drug-likeness (QED) is 0.333. The number of fused-ring (bicyclic) bond motifs is 3. The summed E-state index contributed by atoms with van der Waals surface area (Å²) in [5.74, 6) is 1.69. The number of nitrogens with zero attached hydrogens (tertiary/aromatic N) is 3. The van der Waals surface area contributed by atoms with Crippen molar-refractivity contribution in [1.82, 2.24) is 9.88 Å². The highest BCUT2D eigenvalue weighted by molar-refractivity contribution is 7.22. The van der Waals surface area contributed by atoms with E-state index in [-0.39, 0.29) is 5.91 Å². The Hall–Kier alpha value is -3.46. The fraction of sp³-hybridized carbons (Fsp3) is 0.310. The van der Waals surface area contributed by atoms with Crippen LogP contribution in [0.15, 0.2) is 66.7 Å². The van der Waals surface area contributed by atoms with Gasteiger partial charge in [-0.3, -0.25) is 14.6 Å². The number of para-hydroxylation sites is 3. The van der Waals surface area contributed by atoms with Crippen LogP contribution in [0.5, 0.6) is 17.2 Å². The predicted molar refractivity (Wildman–Crippen MR) is 145 cm³/mol. The van der Waals surface area contributed by atoms with E-state index in [0.29, 0.717) is 31.5 Å². The minimum Gasteiger partial charge on any atom is -0.492 e. The first kappa shape index (κ1) is 23.9. The van der Waals surface area contributed by atoms with Crippen molar-refractivity contribution in [3.05, 3.63) is 77.9 Å². The molecule has 0 spiro atoms. The van der Waals surface area contributed by atoms with Gasteiger partial charge in [-0.25, -0.2) is 4.98 Å². The molecule has 0 unspecified atom stereocenters. The maximum absolute atomic E-state index is 14.5. The highest BCUT2D eigenvalue weighted by Gasteiger charge is 2.36. The lowest BCUT2D eigenvalue weighted by Gasteiger charge is -2.33. The molecule has 1 aromatic heterocycles. The molecular formula is C29H29N3O4S. The van der Waals surface area contributed by atoms with Crippen molar-refractivity contribution in [3.8, 4) is 17.2 Å². The van der Waals surface area contributed by atoms with E-state index in [1.165, 1.54) is 11.3 Å². The van der Waals surface area contributed by atoms with Gasteiger partial charge in [0.15, 0.2) is 5.13 Å². The number of carbonyl (C=O) groups is 1. The highest BCUT2D eigenvalue weighted by Crippen LogP contribution is 2.45. The van der Waals surface area contributed by atoms with E-state index in [0.717, 1.165) is 58.2 Å². The Kier molecular flexibility index (Phi) is 6.78. The average Bonchev–Trinajstić information content (AvgIpc) is 3.37. The fourth-order valence-corrected chi connectivity index (χ4v) is 6.01. The molecule has 1 saturated heterocycles. The minimum atomic E-state index is -0.482. The Morgan fingerprint density at radius 1 is 1.03 bits per heavy atom. The summed E-state index contributed by atoms with van der Waals surface area (Å²) in [7, 11) is 0. The molecule has 2 aliphatic rings. The SMILES string of the molecule is CCOc1cccc2sc(N(CCN3CCOCC3)C(=O)C3c4ccccc4Oc4ccccc43)nc12. The van der Waals surface area contributed by atoms with Crippen LogP contribution in [0.2, 0.25) is 0 Å². The van der Waals surface area contributed by atoms with Crippen molar-refractivity contribution in [2.75, 3.05) is 50.9 Å². The monoisotopic (exact) mass is 515 g/mol. The molecular weight excluding hydrogens is 486 g/mol. The molecule has 0 atom stereocenters. The van der Waals surface area contributed by atoms with Crippen LogP contribution in [0, 0.1) is 0 Å². The second kappa shape index (κ2) is 10.5. The molecule has 8 heteroatoms. The molecule has 4 aromatic rings. The van der Waals surface area contributed by atoms with E-state index >= 15 is 0 Å².